The molecule has 1 amide bonds. The van der Waals surface area contributed by atoms with Crippen LogP contribution in [0.1, 0.15) is 19.1 Å². The Morgan fingerprint density at radius 3 is 2.68 bits per heavy atom. The highest BCUT2D eigenvalue weighted by molar-refractivity contribution is 6.30. The summed E-state index contributed by atoms with van der Waals surface area (Å²) in [5, 5.41) is 7.42. The summed E-state index contributed by atoms with van der Waals surface area (Å²) in [6.07, 6.45) is 0.750. The number of hydrogen-bond donors (Lipinski definition) is 1. The molecule has 0 unspecified atom stereocenters. The van der Waals surface area contributed by atoms with Crippen molar-refractivity contribution >= 4 is 29.0 Å². The molecule has 1 fully saturated rings. The quantitative estimate of drug-likeness (QED) is 0.885. The first-order valence-electron chi connectivity index (χ1n) is 8.55. The lowest BCUT2D eigenvalue weighted by Gasteiger charge is -2.39. The van der Waals surface area contributed by atoms with E-state index in [1.54, 1.807) is 13.0 Å². The van der Waals surface area contributed by atoms with Gasteiger partial charge in [0.05, 0.1) is 6.04 Å². The van der Waals surface area contributed by atoms with E-state index in [4.69, 9.17) is 16.1 Å². The summed E-state index contributed by atoms with van der Waals surface area (Å²) in [6.45, 7) is 7.23. The maximum atomic E-state index is 12.6. The van der Waals surface area contributed by atoms with E-state index in [2.05, 4.69) is 26.3 Å². The number of carbonyl (C=O) groups is 1. The van der Waals surface area contributed by atoms with Crippen LogP contribution in [0.4, 0.5) is 11.5 Å². The summed E-state index contributed by atoms with van der Waals surface area (Å²) in [4.78, 5) is 17.1. The fourth-order valence-corrected chi connectivity index (χ4v) is 3.39. The van der Waals surface area contributed by atoms with Gasteiger partial charge in [-0.25, -0.2) is 0 Å². The van der Waals surface area contributed by atoms with Gasteiger partial charge < -0.3 is 14.7 Å². The van der Waals surface area contributed by atoms with E-state index in [1.807, 2.05) is 25.1 Å². The second-order valence-corrected chi connectivity index (χ2v) is 6.68. The van der Waals surface area contributed by atoms with E-state index in [-0.39, 0.29) is 11.9 Å². The van der Waals surface area contributed by atoms with Gasteiger partial charge >= 0.3 is 0 Å². The van der Waals surface area contributed by atoms with Gasteiger partial charge in [-0.3, -0.25) is 9.69 Å². The molecule has 1 saturated heterocycles. The van der Waals surface area contributed by atoms with Gasteiger partial charge in [-0.2, -0.15) is 0 Å². The molecular weight excluding hydrogens is 340 g/mol. The summed E-state index contributed by atoms with van der Waals surface area (Å²) >= 11 is 6.08. The predicted molar refractivity (Wildman–Crippen MR) is 99.2 cm³/mol. The van der Waals surface area contributed by atoms with Crippen molar-refractivity contribution in [3.05, 3.63) is 41.1 Å². The Morgan fingerprint density at radius 2 is 2.08 bits per heavy atom. The minimum atomic E-state index is -0.168. The van der Waals surface area contributed by atoms with Crippen molar-refractivity contribution in [1.82, 2.24) is 10.1 Å². The maximum Gasteiger partial charge on any atom is 0.242 e. The van der Waals surface area contributed by atoms with Crippen LogP contribution in [0.3, 0.4) is 0 Å². The summed E-state index contributed by atoms with van der Waals surface area (Å²) in [6, 6.07) is 9.45. The second-order valence-electron chi connectivity index (χ2n) is 6.24. The van der Waals surface area contributed by atoms with Crippen molar-refractivity contribution in [2.45, 2.75) is 26.3 Å². The number of amides is 1. The van der Waals surface area contributed by atoms with Crippen LogP contribution in [0.25, 0.3) is 0 Å². The molecule has 0 bridgehead atoms. The summed E-state index contributed by atoms with van der Waals surface area (Å²) < 4.78 is 5.00. The van der Waals surface area contributed by atoms with Gasteiger partial charge in [0.1, 0.15) is 5.76 Å². The molecular formula is C18H23ClN4O2. The van der Waals surface area contributed by atoms with Gasteiger partial charge in [0, 0.05) is 43.0 Å². The number of piperazine rings is 1. The van der Waals surface area contributed by atoms with E-state index in [1.165, 1.54) is 0 Å². The normalized spacial score (nSPS) is 16.7. The van der Waals surface area contributed by atoms with E-state index in [9.17, 15) is 4.79 Å². The minimum absolute atomic E-state index is 0.0352. The van der Waals surface area contributed by atoms with Crippen molar-refractivity contribution in [3.63, 3.8) is 0 Å². The van der Waals surface area contributed by atoms with Gasteiger partial charge in [0.2, 0.25) is 5.91 Å². The Morgan fingerprint density at radius 1 is 1.32 bits per heavy atom. The Kier molecular flexibility index (Phi) is 5.60. The number of hydrogen-bond acceptors (Lipinski definition) is 5. The maximum absolute atomic E-state index is 12.6. The van der Waals surface area contributed by atoms with Gasteiger partial charge in [-0.1, -0.05) is 29.7 Å². The van der Waals surface area contributed by atoms with E-state index in [0.717, 1.165) is 43.3 Å². The lowest BCUT2D eigenvalue weighted by Crippen LogP contribution is -2.53. The molecule has 1 aromatic carbocycles. The number of rotatable bonds is 5. The van der Waals surface area contributed by atoms with Crippen LogP contribution in [0, 0.1) is 6.92 Å². The molecule has 0 spiro atoms. The smallest absolute Gasteiger partial charge is 0.242 e. The second kappa shape index (κ2) is 7.89. The van der Waals surface area contributed by atoms with Crippen LogP contribution in [0.15, 0.2) is 34.9 Å². The lowest BCUT2D eigenvalue weighted by atomic mass is 10.1. The number of nitrogens with zero attached hydrogens (tertiary/aromatic N) is 3. The molecule has 2 aromatic rings. The van der Waals surface area contributed by atoms with E-state index >= 15 is 0 Å². The van der Waals surface area contributed by atoms with Crippen molar-refractivity contribution in [2.24, 2.45) is 0 Å². The molecule has 1 aromatic heterocycles. The first kappa shape index (κ1) is 17.8. The summed E-state index contributed by atoms with van der Waals surface area (Å²) in [7, 11) is 0. The SMILES string of the molecule is CC[C@@H](C(=O)Nc1cc(C)on1)N1CCN(c2cccc(Cl)c2)CC1. The van der Waals surface area contributed by atoms with Crippen LogP contribution in [0.2, 0.25) is 5.02 Å². The molecule has 1 N–H and O–H groups in total. The van der Waals surface area contributed by atoms with Crippen molar-refractivity contribution in [2.75, 3.05) is 36.4 Å². The van der Waals surface area contributed by atoms with Crippen LogP contribution in [-0.4, -0.2) is 48.2 Å². The van der Waals surface area contributed by atoms with Crippen LogP contribution in [-0.2, 0) is 4.79 Å². The number of anilines is 2. The molecule has 3 rings (SSSR count). The standard InChI is InChI=1S/C18H23ClN4O2/c1-3-16(18(24)20-17-11-13(2)25-21-17)23-9-7-22(8-10-23)15-6-4-5-14(19)12-15/h4-6,11-12,16H,3,7-10H2,1-2H3,(H,20,21,24)/t16-/m0/s1. The van der Waals surface area contributed by atoms with Crippen molar-refractivity contribution < 1.29 is 9.32 Å². The van der Waals surface area contributed by atoms with Gasteiger partial charge in [-0.05, 0) is 31.5 Å². The zero-order chi connectivity index (χ0) is 17.8. The predicted octanol–water partition coefficient (Wildman–Crippen LogP) is 3.18. The molecule has 1 aliphatic heterocycles. The summed E-state index contributed by atoms with van der Waals surface area (Å²) in [5.41, 5.74) is 1.13. The number of aromatic nitrogens is 1. The Hall–Kier alpha value is -2.05. The molecule has 134 valence electrons. The molecule has 0 aliphatic carbocycles. The molecule has 1 atom stereocenters. The van der Waals surface area contributed by atoms with E-state index < -0.39 is 0 Å². The van der Waals surface area contributed by atoms with Crippen molar-refractivity contribution in [3.8, 4) is 0 Å². The van der Waals surface area contributed by atoms with E-state index in [0.29, 0.717) is 11.6 Å². The Balaban J connectivity index is 1.59. The molecule has 1 aliphatic rings. The highest BCUT2D eigenvalue weighted by atomic mass is 35.5. The molecule has 0 saturated carbocycles. The topological polar surface area (TPSA) is 61.6 Å². The molecule has 7 heteroatoms. The third-order valence-corrected chi connectivity index (χ3v) is 4.73. The summed E-state index contributed by atoms with van der Waals surface area (Å²) in [5.74, 6) is 1.11. The number of nitrogens with one attached hydrogen (secondary N) is 1. The average molecular weight is 363 g/mol. The van der Waals surface area contributed by atoms with Crippen LogP contribution in [0.5, 0.6) is 0 Å². The zero-order valence-corrected chi connectivity index (χ0v) is 15.3. The minimum Gasteiger partial charge on any atom is -0.369 e. The number of carbonyl (C=O) groups excluding carboxylic acids is 1. The lowest BCUT2D eigenvalue weighted by molar-refractivity contribution is -0.121. The largest absolute Gasteiger partial charge is 0.369 e. The third-order valence-electron chi connectivity index (χ3n) is 4.50. The van der Waals surface area contributed by atoms with Crippen LogP contribution >= 0.6 is 11.6 Å². The zero-order valence-electron chi connectivity index (χ0n) is 14.5. The number of benzene rings is 1. The Labute approximate surface area is 152 Å². The number of halogens is 1. The van der Waals surface area contributed by atoms with Crippen LogP contribution < -0.4 is 10.2 Å². The fraction of sp³-hybridized carbons (Fsp3) is 0.444. The third kappa shape index (κ3) is 4.32. The van der Waals surface area contributed by atoms with Gasteiger partial charge in [0.25, 0.3) is 0 Å². The first-order valence-corrected chi connectivity index (χ1v) is 8.93. The highest BCUT2D eigenvalue weighted by Gasteiger charge is 2.28. The molecule has 0 radical (unpaired) electrons. The Bertz CT molecular complexity index is 725. The molecule has 25 heavy (non-hydrogen) atoms. The van der Waals surface area contributed by atoms with Crippen molar-refractivity contribution in [1.29, 1.82) is 0 Å². The molecule has 2 heterocycles. The van der Waals surface area contributed by atoms with Gasteiger partial charge in [-0.15, -0.1) is 0 Å². The highest BCUT2D eigenvalue weighted by Crippen LogP contribution is 2.22. The van der Waals surface area contributed by atoms with Gasteiger partial charge in [0.15, 0.2) is 5.82 Å². The fourth-order valence-electron chi connectivity index (χ4n) is 3.21. The average Bonchev–Trinajstić information content (AvgIpc) is 3.01. The monoisotopic (exact) mass is 362 g/mol. The number of aryl methyl sites for hydroxylation is 1. The molecule has 6 nitrogen and oxygen atoms in total. The first-order chi connectivity index (χ1) is 12.1.